The maximum Gasteiger partial charge on any atom is 0.165 e. The van der Waals surface area contributed by atoms with Crippen LogP contribution in [0.2, 0.25) is 0 Å². The van der Waals surface area contributed by atoms with Gasteiger partial charge in [0.05, 0.1) is 18.6 Å². The number of rotatable bonds is 6. The van der Waals surface area contributed by atoms with E-state index in [9.17, 15) is 0 Å². The van der Waals surface area contributed by atoms with Crippen LogP contribution in [0.1, 0.15) is 44.6 Å². The molecule has 1 fully saturated rings. The lowest BCUT2D eigenvalue weighted by atomic mass is 10.2. The van der Waals surface area contributed by atoms with E-state index in [4.69, 9.17) is 0 Å². The predicted octanol–water partition coefficient (Wildman–Crippen LogP) is 0.944. The van der Waals surface area contributed by atoms with Gasteiger partial charge in [-0.05, 0) is 43.2 Å². The molecule has 0 radical (unpaired) electrons. The summed E-state index contributed by atoms with van der Waals surface area (Å²) in [5.41, 5.74) is 0. The summed E-state index contributed by atoms with van der Waals surface area (Å²) >= 11 is 0. The summed E-state index contributed by atoms with van der Waals surface area (Å²) < 4.78 is 3.90. The van der Waals surface area contributed by atoms with Crippen molar-refractivity contribution in [2.45, 2.75) is 51.4 Å². The number of hydrogen-bond donors (Lipinski definition) is 1. The number of hydrogen-bond acceptors (Lipinski definition) is 5. The Morgan fingerprint density at radius 1 is 1.42 bits per heavy atom. The number of tetrazole rings is 1. The van der Waals surface area contributed by atoms with E-state index in [1.165, 1.54) is 12.8 Å². The van der Waals surface area contributed by atoms with Crippen LogP contribution in [-0.2, 0) is 6.54 Å². The number of nitrogens with one attached hydrogen (secondary N) is 1. The molecule has 2 atom stereocenters. The molecule has 0 amide bonds. The first-order chi connectivity index (χ1) is 9.25. The topological polar surface area (TPSA) is 73.5 Å². The number of aromatic nitrogens is 6. The Kier molecular flexibility index (Phi) is 3.29. The fourth-order valence-corrected chi connectivity index (χ4v) is 2.10. The molecule has 1 aliphatic rings. The van der Waals surface area contributed by atoms with Crippen LogP contribution >= 0.6 is 0 Å². The minimum Gasteiger partial charge on any atom is -0.305 e. The van der Waals surface area contributed by atoms with Crippen molar-refractivity contribution in [2.24, 2.45) is 0 Å². The van der Waals surface area contributed by atoms with Crippen LogP contribution in [0.15, 0.2) is 18.5 Å². The van der Waals surface area contributed by atoms with E-state index >= 15 is 0 Å². The van der Waals surface area contributed by atoms with Gasteiger partial charge in [-0.2, -0.15) is 5.10 Å². The second kappa shape index (κ2) is 5.08. The summed E-state index contributed by atoms with van der Waals surface area (Å²) in [6.07, 6.45) is 6.17. The van der Waals surface area contributed by atoms with Crippen LogP contribution in [0.25, 0.3) is 0 Å². The minimum atomic E-state index is 0.292. The highest BCUT2D eigenvalue weighted by Gasteiger charge is 2.27. The molecule has 1 N–H and O–H groups in total. The first kappa shape index (κ1) is 12.3. The molecule has 102 valence electrons. The predicted molar refractivity (Wildman–Crippen MR) is 69.3 cm³/mol. The van der Waals surface area contributed by atoms with Crippen molar-refractivity contribution >= 4 is 0 Å². The van der Waals surface area contributed by atoms with Crippen molar-refractivity contribution in [3.63, 3.8) is 0 Å². The zero-order valence-corrected chi connectivity index (χ0v) is 11.3. The Morgan fingerprint density at radius 2 is 2.26 bits per heavy atom. The molecule has 0 bridgehead atoms. The average molecular weight is 261 g/mol. The van der Waals surface area contributed by atoms with Gasteiger partial charge >= 0.3 is 0 Å². The van der Waals surface area contributed by atoms with E-state index in [2.05, 4.69) is 39.8 Å². The summed E-state index contributed by atoms with van der Waals surface area (Å²) in [6.45, 7) is 4.99. The third-order valence-electron chi connectivity index (χ3n) is 3.70. The fourth-order valence-electron chi connectivity index (χ4n) is 2.10. The van der Waals surface area contributed by atoms with Gasteiger partial charge in [0.1, 0.15) is 0 Å². The first-order valence-electron chi connectivity index (χ1n) is 6.75. The Morgan fingerprint density at radius 3 is 2.95 bits per heavy atom. The van der Waals surface area contributed by atoms with E-state index in [-0.39, 0.29) is 0 Å². The van der Waals surface area contributed by atoms with E-state index in [0.717, 1.165) is 5.82 Å². The van der Waals surface area contributed by atoms with Crippen molar-refractivity contribution in [3.8, 4) is 0 Å². The second-order valence-corrected chi connectivity index (χ2v) is 5.17. The number of nitrogens with zero attached hydrogens (tertiary/aromatic N) is 6. The van der Waals surface area contributed by atoms with E-state index in [1.54, 1.807) is 6.20 Å². The van der Waals surface area contributed by atoms with Crippen molar-refractivity contribution < 1.29 is 0 Å². The molecule has 3 rings (SSSR count). The summed E-state index contributed by atoms with van der Waals surface area (Å²) in [5.74, 6) is 0.919. The molecule has 7 nitrogen and oxygen atoms in total. The molecule has 0 aromatic carbocycles. The molecule has 2 aromatic heterocycles. The van der Waals surface area contributed by atoms with Crippen LogP contribution < -0.4 is 5.32 Å². The molecule has 2 heterocycles. The van der Waals surface area contributed by atoms with E-state index < -0.39 is 0 Å². The molecular formula is C12H19N7. The van der Waals surface area contributed by atoms with Gasteiger partial charge in [0.2, 0.25) is 0 Å². The molecule has 0 spiro atoms. The van der Waals surface area contributed by atoms with Gasteiger partial charge in [-0.25, -0.2) is 4.68 Å². The summed E-state index contributed by atoms with van der Waals surface area (Å²) in [4.78, 5) is 0. The maximum atomic E-state index is 4.27. The molecule has 7 heteroatoms. The summed E-state index contributed by atoms with van der Waals surface area (Å²) in [7, 11) is 0. The third kappa shape index (κ3) is 2.65. The smallest absolute Gasteiger partial charge is 0.165 e. The Hall–Kier alpha value is -1.76. The molecule has 19 heavy (non-hydrogen) atoms. The molecule has 0 saturated heterocycles. The second-order valence-electron chi connectivity index (χ2n) is 5.17. The van der Waals surface area contributed by atoms with E-state index in [0.29, 0.717) is 24.7 Å². The Bertz CT molecular complexity index is 514. The van der Waals surface area contributed by atoms with Crippen molar-refractivity contribution in [1.82, 2.24) is 35.3 Å². The minimum absolute atomic E-state index is 0.292. The van der Waals surface area contributed by atoms with Crippen molar-refractivity contribution in [3.05, 3.63) is 24.3 Å². The average Bonchev–Trinajstić information content (AvgIpc) is 2.95. The highest BCUT2D eigenvalue weighted by Crippen LogP contribution is 2.34. The van der Waals surface area contributed by atoms with Crippen LogP contribution in [0.4, 0.5) is 0 Å². The molecule has 0 aliphatic heterocycles. The Labute approximate surface area is 112 Å². The molecule has 1 aliphatic carbocycles. The largest absolute Gasteiger partial charge is 0.305 e. The van der Waals surface area contributed by atoms with Crippen LogP contribution in [0.3, 0.4) is 0 Å². The SMILES string of the molecule is C[C@H](NCc1nnnn1C1CC1)[C@@H](C)n1cccn1. The zero-order chi connectivity index (χ0) is 13.2. The van der Waals surface area contributed by atoms with Crippen LogP contribution in [0, 0.1) is 0 Å². The van der Waals surface area contributed by atoms with Gasteiger partial charge in [0.15, 0.2) is 5.82 Å². The summed E-state index contributed by atoms with van der Waals surface area (Å²) in [5, 5.41) is 19.6. The lowest BCUT2D eigenvalue weighted by Gasteiger charge is -2.21. The quantitative estimate of drug-likeness (QED) is 0.838. The summed E-state index contributed by atoms with van der Waals surface area (Å²) in [6, 6.07) is 3.05. The molecule has 2 aromatic rings. The van der Waals surface area contributed by atoms with Crippen molar-refractivity contribution in [1.29, 1.82) is 0 Å². The maximum absolute atomic E-state index is 4.27. The fraction of sp³-hybridized carbons (Fsp3) is 0.667. The monoisotopic (exact) mass is 261 g/mol. The Balaban J connectivity index is 1.58. The van der Waals surface area contributed by atoms with Gasteiger partial charge in [-0.1, -0.05) is 0 Å². The van der Waals surface area contributed by atoms with Crippen LogP contribution in [-0.4, -0.2) is 36.0 Å². The van der Waals surface area contributed by atoms with Gasteiger partial charge in [0.25, 0.3) is 0 Å². The lowest BCUT2D eigenvalue weighted by molar-refractivity contribution is 0.359. The molecule has 0 unspecified atom stereocenters. The van der Waals surface area contributed by atoms with Gasteiger partial charge in [-0.15, -0.1) is 5.10 Å². The third-order valence-corrected chi connectivity index (χ3v) is 3.70. The standard InChI is InChI=1S/C12H19N7/c1-9(10(2)18-7-3-6-14-18)13-8-12-15-16-17-19(12)11-4-5-11/h3,6-7,9-11,13H,4-5,8H2,1-2H3/t9-,10+/m0/s1. The first-order valence-corrected chi connectivity index (χ1v) is 6.75. The van der Waals surface area contributed by atoms with Crippen molar-refractivity contribution in [2.75, 3.05) is 0 Å². The van der Waals surface area contributed by atoms with Crippen LogP contribution in [0.5, 0.6) is 0 Å². The molecule has 1 saturated carbocycles. The van der Waals surface area contributed by atoms with E-state index in [1.807, 2.05) is 21.6 Å². The molecular weight excluding hydrogens is 242 g/mol. The highest BCUT2D eigenvalue weighted by molar-refractivity contribution is 4.91. The normalized spacial score (nSPS) is 18.4. The lowest BCUT2D eigenvalue weighted by Crippen LogP contribution is -2.34. The van der Waals surface area contributed by atoms with Gasteiger partial charge < -0.3 is 5.32 Å². The van der Waals surface area contributed by atoms with Gasteiger partial charge in [-0.3, -0.25) is 4.68 Å². The van der Waals surface area contributed by atoms with Gasteiger partial charge in [0, 0.05) is 18.4 Å². The highest BCUT2D eigenvalue weighted by atomic mass is 15.6. The zero-order valence-electron chi connectivity index (χ0n) is 11.3.